The molecule has 39 heavy (non-hydrogen) atoms. The highest BCUT2D eigenvalue weighted by molar-refractivity contribution is 6.49. The van der Waals surface area contributed by atoms with E-state index in [2.05, 4.69) is 15.6 Å². The summed E-state index contributed by atoms with van der Waals surface area (Å²) in [6.07, 6.45) is 0.216. The number of aliphatic hydroxyl groups is 1. The molecule has 1 aliphatic rings. The number of nitrogens with one attached hydrogen (secondary N) is 2. The lowest BCUT2D eigenvalue weighted by atomic mass is 9.73. The molecule has 1 aromatic carbocycles. The Morgan fingerprint density at radius 3 is 2.51 bits per heavy atom. The van der Waals surface area contributed by atoms with Crippen LogP contribution in [0.2, 0.25) is 0 Å². The van der Waals surface area contributed by atoms with E-state index >= 15 is 0 Å². The van der Waals surface area contributed by atoms with Crippen LogP contribution in [0.4, 0.5) is 0 Å². The fourth-order valence-electron chi connectivity index (χ4n) is 4.32. The van der Waals surface area contributed by atoms with Gasteiger partial charge >= 0.3 is 7.12 Å². The molecule has 0 bridgehead atoms. The van der Waals surface area contributed by atoms with Crippen LogP contribution in [-0.4, -0.2) is 84.7 Å². The van der Waals surface area contributed by atoms with Crippen molar-refractivity contribution in [3.8, 4) is 11.3 Å². The molecule has 3 atom stereocenters. The number of benzene rings is 1. The van der Waals surface area contributed by atoms with Crippen molar-refractivity contribution in [2.75, 3.05) is 26.7 Å². The average molecular weight is 538 g/mol. The summed E-state index contributed by atoms with van der Waals surface area (Å²) in [5.41, 5.74) is 1.57. The molecule has 1 fully saturated rings. The zero-order valence-corrected chi connectivity index (χ0v) is 23.1. The third-order valence-electron chi connectivity index (χ3n) is 6.40. The smallest absolute Gasteiger partial charge is 0.508 e. The van der Waals surface area contributed by atoms with Crippen molar-refractivity contribution in [2.45, 2.75) is 58.1 Å². The second kappa shape index (κ2) is 14.8. The summed E-state index contributed by atoms with van der Waals surface area (Å²) >= 11 is 0. The van der Waals surface area contributed by atoms with Crippen molar-refractivity contribution in [3.63, 3.8) is 0 Å². The highest BCUT2D eigenvalue weighted by Crippen LogP contribution is 2.17. The number of amides is 2. The molecular weight excluding hydrogens is 499 g/mol. The number of hydrogen-bond donors (Lipinski definition) is 3. The molecule has 210 valence electrons. The van der Waals surface area contributed by atoms with Crippen LogP contribution < -0.4 is 10.6 Å². The topological polar surface area (TPSA) is 130 Å². The standard InChI is InChI=1S/C28H39BN4O6/c1-19(2)18-24(29-38-17-9-15-33(4)16-14-25(35)39-29)31-28(37)26(20(3)34)32-27(36)23-13-8-12-22(30-23)21-10-6-5-7-11-21/h5-8,10-13,19-20,24,26,34H,9,14-18H2,1-4H3,(H,31,37)(H,32,36)/t20?,24-,26-/m0/s1. The van der Waals surface area contributed by atoms with E-state index < -0.39 is 43.0 Å². The summed E-state index contributed by atoms with van der Waals surface area (Å²) in [4.78, 5) is 45.4. The van der Waals surface area contributed by atoms with Gasteiger partial charge in [0.05, 0.1) is 24.2 Å². The maximum Gasteiger partial charge on any atom is 0.551 e. The first-order valence-corrected chi connectivity index (χ1v) is 13.5. The molecule has 0 spiro atoms. The third kappa shape index (κ3) is 9.45. The van der Waals surface area contributed by atoms with Gasteiger partial charge in [0, 0.05) is 18.7 Å². The number of rotatable bonds is 9. The molecule has 11 heteroatoms. The molecule has 0 aliphatic carbocycles. The quantitative estimate of drug-likeness (QED) is 0.414. The second-order valence-electron chi connectivity index (χ2n) is 10.3. The summed E-state index contributed by atoms with van der Waals surface area (Å²) < 4.78 is 11.5. The van der Waals surface area contributed by atoms with Gasteiger partial charge in [0.2, 0.25) is 5.91 Å². The first-order chi connectivity index (χ1) is 18.6. The predicted molar refractivity (Wildman–Crippen MR) is 149 cm³/mol. The fourth-order valence-corrected chi connectivity index (χ4v) is 4.32. The molecule has 3 N–H and O–H groups in total. The van der Waals surface area contributed by atoms with Crippen molar-refractivity contribution in [1.82, 2.24) is 20.5 Å². The summed E-state index contributed by atoms with van der Waals surface area (Å²) in [5.74, 6) is -2.15. The van der Waals surface area contributed by atoms with Crippen molar-refractivity contribution in [3.05, 3.63) is 54.2 Å². The summed E-state index contributed by atoms with van der Waals surface area (Å²) in [6.45, 7) is 7.09. The molecule has 1 aromatic heterocycles. The van der Waals surface area contributed by atoms with Crippen molar-refractivity contribution in [2.24, 2.45) is 5.92 Å². The van der Waals surface area contributed by atoms with Gasteiger partial charge in [0.25, 0.3) is 11.9 Å². The van der Waals surface area contributed by atoms with Crippen LogP contribution in [0.5, 0.6) is 0 Å². The summed E-state index contributed by atoms with van der Waals surface area (Å²) in [5, 5.41) is 15.9. The lowest BCUT2D eigenvalue weighted by Gasteiger charge is -2.29. The van der Waals surface area contributed by atoms with Gasteiger partial charge in [-0.05, 0) is 51.4 Å². The molecular formula is C28H39BN4O6. The van der Waals surface area contributed by atoms with Crippen LogP contribution in [0.25, 0.3) is 11.3 Å². The highest BCUT2D eigenvalue weighted by atomic mass is 16.6. The van der Waals surface area contributed by atoms with Gasteiger partial charge in [-0.3, -0.25) is 14.4 Å². The van der Waals surface area contributed by atoms with Gasteiger partial charge in [-0.15, -0.1) is 0 Å². The monoisotopic (exact) mass is 538 g/mol. The Kier molecular flexibility index (Phi) is 11.5. The fraction of sp³-hybridized carbons (Fsp3) is 0.500. The molecule has 2 heterocycles. The van der Waals surface area contributed by atoms with E-state index in [0.717, 1.165) is 18.5 Å². The van der Waals surface area contributed by atoms with Crippen LogP contribution in [0.3, 0.4) is 0 Å². The predicted octanol–water partition coefficient (Wildman–Crippen LogP) is 2.07. The third-order valence-corrected chi connectivity index (χ3v) is 6.40. The minimum atomic E-state index is -1.27. The molecule has 3 rings (SSSR count). The maximum absolute atomic E-state index is 13.4. The van der Waals surface area contributed by atoms with Gasteiger partial charge < -0.3 is 29.9 Å². The number of pyridine rings is 1. The Hall–Kier alpha value is -3.28. The van der Waals surface area contributed by atoms with Gasteiger partial charge in [-0.2, -0.15) is 0 Å². The molecule has 2 aromatic rings. The Morgan fingerprint density at radius 1 is 1.08 bits per heavy atom. The molecule has 1 saturated heterocycles. The Bertz CT molecular complexity index is 1100. The van der Waals surface area contributed by atoms with E-state index in [1.807, 2.05) is 56.1 Å². The van der Waals surface area contributed by atoms with Crippen LogP contribution in [0.1, 0.15) is 50.5 Å². The van der Waals surface area contributed by atoms with Crippen LogP contribution in [0.15, 0.2) is 48.5 Å². The van der Waals surface area contributed by atoms with Gasteiger partial charge in [0.1, 0.15) is 11.7 Å². The summed E-state index contributed by atoms with van der Waals surface area (Å²) in [6, 6.07) is 13.2. The minimum Gasteiger partial charge on any atom is -0.508 e. The zero-order chi connectivity index (χ0) is 28.4. The number of aliphatic hydroxyl groups excluding tert-OH is 1. The normalized spacial score (nSPS) is 17.6. The number of nitrogens with zero attached hydrogens (tertiary/aromatic N) is 2. The molecule has 0 radical (unpaired) electrons. The lowest BCUT2D eigenvalue weighted by Crippen LogP contribution is -2.58. The van der Waals surface area contributed by atoms with E-state index in [1.165, 1.54) is 6.92 Å². The Morgan fingerprint density at radius 2 is 1.82 bits per heavy atom. The Labute approximate surface area is 230 Å². The van der Waals surface area contributed by atoms with Crippen molar-refractivity contribution in [1.29, 1.82) is 0 Å². The molecule has 0 saturated carbocycles. The highest BCUT2D eigenvalue weighted by Gasteiger charge is 2.38. The van der Waals surface area contributed by atoms with Crippen LogP contribution >= 0.6 is 0 Å². The first-order valence-electron chi connectivity index (χ1n) is 13.5. The largest absolute Gasteiger partial charge is 0.551 e. The minimum absolute atomic E-state index is 0.114. The van der Waals surface area contributed by atoms with Crippen molar-refractivity contribution >= 4 is 24.9 Å². The van der Waals surface area contributed by atoms with Gasteiger partial charge in [-0.25, -0.2) is 4.98 Å². The Balaban J connectivity index is 1.74. The van der Waals surface area contributed by atoms with E-state index in [0.29, 0.717) is 25.3 Å². The van der Waals surface area contributed by atoms with Gasteiger partial charge in [-0.1, -0.05) is 50.2 Å². The van der Waals surface area contributed by atoms with E-state index in [9.17, 15) is 19.5 Å². The number of carbonyl (C=O) groups excluding carboxylic acids is 3. The summed E-state index contributed by atoms with van der Waals surface area (Å²) in [7, 11) is 0.952. The molecule has 10 nitrogen and oxygen atoms in total. The van der Waals surface area contributed by atoms with E-state index in [1.54, 1.807) is 18.2 Å². The first kappa shape index (κ1) is 30.3. The van der Waals surface area contributed by atoms with E-state index in [4.69, 9.17) is 9.31 Å². The molecule has 2 amide bonds. The van der Waals surface area contributed by atoms with Crippen LogP contribution in [0, 0.1) is 5.92 Å². The van der Waals surface area contributed by atoms with Crippen LogP contribution in [-0.2, 0) is 18.9 Å². The lowest BCUT2D eigenvalue weighted by molar-refractivity contribution is -0.137. The number of aromatic nitrogens is 1. The van der Waals surface area contributed by atoms with Gasteiger partial charge in [0.15, 0.2) is 0 Å². The average Bonchev–Trinajstić information content (AvgIpc) is 2.91. The number of hydrogen-bond acceptors (Lipinski definition) is 8. The maximum atomic E-state index is 13.4. The second-order valence-corrected chi connectivity index (χ2v) is 10.3. The SMILES string of the molecule is CC(C)C[C@H](NC(=O)[C@@H](NC(=O)c1cccc(-c2ccccc2)n1)C(C)O)B1OCCCN(C)CCC(=O)O1. The number of carbonyl (C=O) groups is 3. The molecule has 1 unspecified atom stereocenters. The zero-order valence-electron chi connectivity index (χ0n) is 23.1. The van der Waals surface area contributed by atoms with Crippen molar-refractivity contribution < 1.29 is 28.8 Å². The van der Waals surface area contributed by atoms with E-state index in [-0.39, 0.29) is 18.0 Å². The molecule has 1 aliphatic heterocycles.